The van der Waals surface area contributed by atoms with E-state index in [0.29, 0.717) is 0 Å². The van der Waals surface area contributed by atoms with Gasteiger partial charge < -0.3 is 5.32 Å². The number of hydrogen-bond donors (Lipinski definition) is 1. The number of aromatic nitrogens is 2. The zero-order valence-corrected chi connectivity index (χ0v) is 12.7. The third-order valence-corrected chi connectivity index (χ3v) is 3.57. The average Bonchev–Trinajstić information content (AvgIpc) is 2.41. The minimum Gasteiger partial charge on any atom is -0.340 e. The van der Waals surface area contributed by atoms with E-state index in [4.69, 9.17) is 11.6 Å². The predicted octanol–water partition coefficient (Wildman–Crippen LogP) is 4.63. The molecule has 3 rings (SSSR count). The number of hydrogen-bond acceptors (Lipinski definition) is 3. The Morgan fingerprint density at radius 2 is 1.68 bits per heavy atom. The fourth-order valence-electron chi connectivity index (χ4n) is 1.81. The SMILES string of the molecule is Clc1nc(Nc2ccc(I)cc2)c2ccccc2n1. The van der Waals surface area contributed by atoms with Crippen LogP contribution in [0, 0.1) is 3.57 Å². The second-order valence-electron chi connectivity index (χ2n) is 3.99. The van der Waals surface area contributed by atoms with Crippen LogP contribution in [0.4, 0.5) is 11.5 Å². The molecular weight excluding hydrogens is 373 g/mol. The molecule has 0 fully saturated rings. The molecule has 0 amide bonds. The molecule has 2 aromatic carbocycles. The van der Waals surface area contributed by atoms with Gasteiger partial charge in [-0.05, 0) is 70.6 Å². The molecule has 0 saturated carbocycles. The molecule has 19 heavy (non-hydrogen) atoms. The monoisotopic (exact) mass is 381 g/mol. The summed E-state index contributed by atoms with van der Waals surface area (Å²) in [7, 11) is 0. The van der Waals surface area contributed by atoms with Gasteiger partial charge >= 0.3 is 0 Å². The van der Waals surface area contributed by atoms with Gasteiger partial charge in [-0.1, -0.05) is 12.1 Å². The fraction of sp³-hybridized carbons (Fsp3) is 0. The first-order valence-electron chi connectivity index (χ1n) is 5.67. The molecule has 1 aromatic heterocycles. The van der Waals surface area contributed by atoms with Gasteiger partial charge in [-0.3, -0.25) is 0 Å². The lowest BCUT2D eigenvalue weighted by Gasteiger charge is -2.09. The molecule has 0 radical (unpaired) electrons. The lowest BCUT2D eigenvalue weighted by molar-refractivity contribution is 1.22. The van der Waals surface area contributed by atoms with Crippen LogP contribution in [0.5, 0.6) is 0 Å². The highest BCUT2D eigenvalue weighted by Gasteiger charge is 2.06. The molecule has 1 heterocycles. The maximum absolute atomic E-state index is 5.95. The first-order valence-corrected chi connectivity index (χ1v) is 7.13. The first kappa shape index (κ1) is 12.6. The highest BCUT2D eigenvalue weighted by molar-refractivity contribution is 14.1. The summed E-state index contributed by atoms with van der Waals surface area (Å²) in [6, 6.07) is 15.9. The third kappa shape index (κ3) is 2.79. The van der Waals surface area contributed by atoms with Crippen molar-refractivity contribution in [3.63, 3.8) is 0 Å². The second kappa shape index (κ2) is 5.30. The molecule has 0 aliphatic carbocycles. The van der Waals surface area contributed by atoms with Crippen molar-refractivity contribution in [3.05, 3.63) is 57.4 Å². The summed E-state index contributed by atoms with van der Waals surface area (Å²) in [6.07, 6.45) is 0. The highest BCUT2D eigenvalue weighted by Crippen LogP contribution is 2.25. The van der Waals surface area contributed by atoms with Gasteiger partial charge in [-0.15, -0.1) is 0 Å². The minimum atomic E-state index is 0.242. The van der Waals surface area contributed by atoms with Crippen molar-refractivity contribution in [3.8, 4) is 0 Å². The minimum absolute atomic E-state index is 0.242. The first-order chi connectivity index (χ1) is 9.22. The summed E-state index contributed by atoms with van der Waals surface area (Å²) in [5, 5.41) is 4.47. The Kier molecular flexibility index (Phi) is 3.52. The van der Waals surface area contributed by atoms with E-state index in [1.54, 1.807) is 0 Å². The van der Waals surface area contributed by atoms with Crippen LogP contribution >= 0.6 is 34.2 Å². The number of fused-ring (bicyclic) bond motifs is 1. The van der Waals surface area contributed by atoms with E-state index in [-0.39, 0.29) is 5.28 Å². The quantitative estimate of drug-likeness (QED) is 0.519. The van der Waals surface area contributed by atoms with Gasteiger partial charge in [0.15, 0.2) is 0 Å². The van der Waals surface area contributed by atoms with E-state index in [1.165, 1.54) is 3.57 Å². The maximum atomic E-state index is 5.95. The van der Waals surface area contributed by atoms with Crippen LogP contribution in [-0.2, 0) is 0 Å². The highest BCUT2D eigenvalue weighted by atomic mass is 127. The second-order valence-corrected chi connectivity index (χ2v) is 5.57. The van der Waals surface area contributed by atoms with Gasteiger partial charge in [-0.2, -0.15) is 4.98 Å². The van der Waals surface area contributed by atoms with Gasteiger partial charge in [-0.25, -0.2) is 4.98 Å². The number of halogens is 2. The Bertz CT molecular complexity index is 728. The topological polar surface area (TPSA) is 37.8 Å². The van der Waals surface area contributed by atoms with Gasteiger partial charge in [0.05, 0.1) is 5.52 Å². The number of anilines is 2. The normalized spacial score (nSPS) is 10.6. The van der Waals surface area contributed by atoms with Crippen molar-refractivity contribution >= 4 is 56.6 Å². The molecule has 0 aliphatic rings. The summed E-state index contributed by atoms with van der Waals surface area (Å²) < 4.78 is 1.19. The molecule has 3 aromatic rings. The van der Waals surface area contributed by atoms with Crippen LogP contribution in [0.25, 0.3) is 10.9 Å². The number of benzene rings is 2. The lowest BCUT2D eigenvalue weighted by Crippen LogP contribution is -1.97. The van der Waals surface area contributed by atoms with Crippen molar-refractivity contribution in [1.29, 1.82) is 0 Å². The number of para-hydroxylation sites is 1. The molecule has 94 valence electrons. The average molecular weight is 382 g/mol. The van der Waals surface area contributed by atoms with Gasteiger partial charge in [0.1, 0.15) is 5.82 Å². The zero-order valence-electron chi connectivity index (χ0n) is 9.77. The summed E-state index contributed by atoms with van der Waals surface area (Å²) in [4.78, 5) is 8.47. The van der Waals surface area contributed by atoms with Crippen molar-refractivity contribution in [2.75, 3.05) is 5.32 Å². The zero-order chi connectivity index (χ0) is 13.2. The Hall–Kier alpha value is -1.40. The molecule has 0 atom stereocenters. The van der Waals surface area contributed by atoms with Crippen molar-refractivity contribution in [1.82, 2.24) is 9.97 Å². The molecular formula is C14H9ClIN3. The smallest absolute Gasteiger partial charge is 0.224 e. The summed E-state index contributed by atoms with van der Waals surface area (Å²) >= 11 is 8.22. The third-order valence-electron chi connectivity index (χ3n) is 2.68. The molecule has 0 saturated heterocycles. The van der Waals surface area contributed by atoms with Crippen LogP contribution in [0.3, 0.4) is 0 Å². The Labute approximate surface area is 129 Å². The van der Waals surface area contributed by atoms with Crippen LogP contribution in [0.15, 0.2) is 48.5 Å². The maximum Gasteiger partial charge on any atom is 0.224 e. The predicted molar refractivity (Wildman–Crippen MR) is 87.0 cm³/mol. The molecule has 0 spiro atoms. The van der Waals surface area contributed by atoms with E-state index >= 15 is 0 Å². The fourth-order valence-corrected chi connectivity index (χ4v) is 2.35. The molecule has 0 unspecified atom stereocenters. The summed E-state index contributed by atoms with van der Waals surface area (Å²) in [6.45, 7) is 0. The standard InChI is InChI=1S/C14H9ClIN3/c15-14-18-12-4-2-1-3-11(12)13(19-14)17-10-7-5-9(16)6-8-10/h1-8H,(H,17,18,19). The number of nitrogens with one attached hydrogen (secondary N) is 1. The van der Waals surface area contributed by atoms with Gasteiger partial charge in [0.25, 0.3) is 0 Å². The lowest BCUT2D eigenvalue weighted by atomic mass is 10.2. The van der Waals surface area contributed by atoms with Crippen LogP contribution in [0.1, 0.15) is 0 Å². The van der Waals surface area contributed by atoms with Gasteiger partial charge in [0.2, 0.25) is 5.28 Å². The van der Waals surface area contributed by atoms with Crippen molar-refractivity contribution in [2.24, 2.45) is 0 Å². The molecule has 0 aliphatic heterocycles. The van der Waals surface area contributed by atoms with E-state index in [2.05, 4.69) is 37.9 Å². The Morgan fingerprint density at radius 1 is 0.947 bits per heavy atom. The summed E-state index contributed by atoms with van der Waals surface area (Å²) in [5.74, 6) is 0.719. The van der Waals surface area contributed by atoms with Crippen molar-refractivity contribution in [2.45, 2.75) is 0 Å². The number of nitrogens with zero attached hydrogens (tertiary/aromatic N) is 2. The molecule has 3 nitrogen and oxygen atoms in total. The summed E-state index contributed by atoms with van der Waals surface area (Å²) in [5.41, 5.74) is 1.80. The van der Waals surface area contributed by atoms with E-state index in [0.717, 1.165) is 22.4 Å². The van der Waals surface area contributed by atoms with Crippen LogP contribution < -0.4 is 5.32 Å². The Balaban J connectivity index is 2.07. The largest absolute Gasteiger partial charge is 0.340 e. The van der Waals surface area contributed by atoms with Crippen LogP contribution in [-0.4, -0.2) is 9.97 Å². The van der Waals surface area contributed by atoms with E-state index in [9.17, 15) is 0 Å². The number of rotatable bonds is 2. The molecule has 0 bridgehead atoms. The Morgan fingerprint density at radius 3 is 2.47 bits per heavy atom. The van der Waals surface area contributed by atoms with Gasteiger partial charge in [0, 0.05) is 14.6 Å². The van der Waals surface area contributed by atoms with E-state index in [1.807, 2.05) is 48.5 Å². The molecule has 1 N–H and O–H groups in total. The molecule has 5 heteroatoms. The van der Waals surface area contributed by atoms with Crippen LogP contribution in [0.2, 0.25) is 5.28 Å². The van der Waals surface area contributed by atoms with E-state index < -0.39 is 0 Å². The van der Waals surface area contributed by atoms with Crippen molar-refractivity contribution < 1.29 is 0 Å².